The molecule has 0 amide bonds. The lowest BCUT2D eigenvalue weighted by molar-refractivity contribution is 1.10. The zero-order valence-corrected chi connectivity index (χ0v) is 15.5. The zero-order valence-electron chi connectivity index (χ0n) is 14.0. The maximum Gasteiger partial charge on any atom is 0.183 e. The minimum Gasteiger partial charge on any atom is -0.333 e. The lowest BCUT2D eigenvalue weighted by atomic mass is 10.1. The molecule has 0 aliphatic rings. The van der Waals surface area contributed by atoms with Crippen molar-refractivity contribution in [2.75, 3.05) is 5.32 Å². The number of hydrogen-bond donors (Lipinski definition) is 2. The summed E-state index contributed by atoms with van der Waals surface area (Å²) < 4.78 is 0. The highest BCUT2D eigenvalue weighted by Crippen LogP contribution is 2.35. The fourth-order valence-corrected chi connectivity index (χ4v) is 3.23. The lowest BCUT2D eigenvalue weighted by Gasteiger charge is -2.05. The van der Waals surface area contributed by atoms with E-state index >= 15 is 0 Å². The maximum atomic E-state index is 6.35. The third-order valence-electron chi connectivity index (χ3n) is 3.78. The number of benzene rings is 1. The molecule has 0 saturated carbocycles. The first-order valence-corrected chi connectivity index (χ1v) is 8.53. The van der Waals surface area contributed by atoms with E-state index in [-0.39, 0.29) is 0 Å². The van der Waals surface area contributed by atoms with E-state index in [2.05, 4.69) is 41.1 Å². The maximum absolute atomic E-state index is 6.35. The predicted molar refractivity (Wildman–Crippen MR) is 105 cm³/mol. The molecule has 0 bridgehead atoms. The van der Waals surface area contributed by atoms with Gasteiger partial charge in [-0.3, -0.25) is 0 Å². The highest BCUT2D eigenvalue weighted by molar-refractivity contribution is 6.39. The van der Waals surface area contributed by atoms with Crippen molar-refractivity contribution >= 4 is 46.0 Å². The standard InChI is InChI=1S/C18H11Cl2N7/c1-3-10-5-11(19)14(12(20)6-10)16-26-15-17(23-8-24-18(15)27-16)25-13-4-9(2)21-7-22-13/h1,4-8H,2H3,(H2,21,22,23,24,25,26,27). The molecule has 132 valence electrons. The van der Waals surface area contributed by atoms with Crippen molar-refractivity contribution in [3.05, 3.63) is 52.2 Å². The summed E-state index contributed by atoms with van der Waals surface area (Å²) in [5.41, 5.74) is 3.01. The van der Waals surface area contributed by atoms with Gasteiger partial charge in [-0.1, -0.05) is 29.1 Å². The second kappa shape index (κ2) is 6.83. The van der Waals surface area contributed by atoms with Crippen molar-refractivity contribution < 1.29 is 0 Å². The van der Waals surface area contributed by atoms with Crippen LogP contribution in [0.1, 0.15) is 11.3 Å². The molecule has 7 nitrogen and oxygen atoms in total. The zero-order chi connectivity index (χ0) is 19.0. The second-order valence-corrected chi connectivity index (χ2v) is 6.45. The highest BCUT2D eigenvalue weighted by atomic mass is 35.5. The summed E-state index contributed by atoms with van der Waals surface area (Å²) in [5, 5.41) is 3.92. The summed E-state index contributed by atoms with van der Waals surface area (Å²) in [4.78, 5) is 24.4. The molecular weight excluding hydrogens is 385 g/mol. The molecule has 0 fully saturated rings. The summed E-state index contributed by atoms with van der Waals surface area (Å²) in [5.74, 6) is 4.10. The Balaban J connectivity index is 1.81. The van der Waals surface area contributed by atoms with E-state index in [4.69, 9.17) is 29.6 Å². The Bertz CT molecular complexity index is 1190. The van der Waals surface area contributed by atoms with Gasteiger partial charge in [-0.05, 0) is 19.1 Å². The molecule has 4 rings (SSSR count). The van der Waals surface area contributed by atoms with Gasteiger partial charge in [0, 0.05) is 17.3 Å². The third-order valence-corrected chi connectivity index (χ3v) is 4.38. The summed E-state index contributed by atoms with van der Waals surface area (Å²) in [6.07, 6.45) is 8.30. The van der Waals surface area contributed by atoms with Gasteiger partial charge in [-0.15, -0.1) is 6.42 Å². The molecule has 0 radical (unpaired) electrons. The Hall–Kier alpha value is -3.21. The van der Waals surface area contributed by atoms with Gasteiger partial charge in [0.05, 0.1) is 15.6 Å². The van der Waals surface area contributed by atoms with Gasteiger partial charge in [-0.2, -0.15) is 0 Å². The first kappa shape index (κ1) is 17.2. The number of aryl methyl sites for hydroxylation is 1. The molecule has 9 heteroatoms. The number of terminal acetylenes is 1. The molecule has 0 unspecified atom stereocenters. The fraction of sp³-hybridized carbons (Fsp3) is 0.0556. The van der Waals surface area contributed by atoms with E-state index in [1.165, 1.54) is 12.7 Å². The molecule has 3 aromatic heterocycles. The summed E-state index contributed by atoms with van der Waals surface area (Å²) in [6.45, 7) is 1.88. The minimum atomic E-state index is 0.392. The smallest absolute Gasteiger partial charge is 0.183 e. The van der Waals surface area contributed by atoms with E-state index in [0.29, 0.717) is 49.8 Å². The van der Waals surface area contributed by atoms with Crippen molar-refractivity contribution in [3.63, 3.8) is 0 Å². The number of nitrogens with zero attached hydrogens (tertiary/aromatic N) is 5. The van der Waals surface area contributed by atoms with Gasteiger partial charge in [-0.25, -0.2) is 24.9 Å². The molecule has 3 heterocycles. The molecule has 0 spiro atoms. The van der Waals surface area contributed by atoms with Crippen LogP contribution in [0.3, 0.4) is 0 Å². The van der Waals surface area contributed by atoms with Crippen LogP contribution in [0, 0.1) is 19.3 Å². The van der Waals surface area contributed by atoms with Crippen LogP contribution in [0.25, 0.3) is 22.6 Å². The highest BCUT2D eigenvalue weighted by Gasteiger charge is 2.17. The van der Waals surface area contributed by atoms with E-state index in [1.807, 2.05) is 6.92 Å². The summed E-state index contributed by atoms with van der Waals surface area (Å²) in [7, 11) is 0. The van der Waals surface area contributed by atoms with Gasteiger partial charge in [0.2, 0.25) is 0 Å². The number of H-pyrrole nitrogens is 1. The molecule has 0 saturated heterocycles. The summed E-state index contributed by atoms with van der Waals surface area (Å²) in [6, 6.07) is 5.12. The van der Waals surface area contributed by atoms with E-state index in [1.54, 1.807) is 18.2 Å². The average Bonchev–Trinajstić information content (AvgIpc) is 3.05. The molecular formula is C18H11Cl2N7. The van der Waals surface area contributed by atoms with Crippen molar-refractivity contribution in [2.24, 2.45) is 0 Å². The molecule has 2 N–H and O–H groups in total. The van der Waals surface area contributed by atoms with Crippen LogP contribution in [-0.4, -0.2) is 29.9 Å². The summed E-state index contributed by atoms with van der Waals surface area (Å²) >= 11 is 12.7. The van der Waals surface area contributed by atoms with Crippen LogP contribution in [-0.2, 0) is 0 Å². The van der Waals surface area contributed by atoms with E-state index in [9.17, 15) is 0 Å². The number of nitrogens with one attached hydrogen (secondary N) is 2. The van der Waals surface area contributed by atoms with Crippen LogP contribution in [0.2, 0.25) is 10.0 Å². The van der Waals surface area contributed by atoms with Crippen molar-refractivity contribution in [2.45, 2.75) is 6.92 Å². The van der Waals surface area contributed by atoms with Crippen LogP contribution in [0.5, 0.6) is 0 Å². The number of halogens is 2. The van der Waals surface area contributed by atoms with Gasteiger partial charge >= 0.3 is 0 Å². The van der Waals surface area contributed by atoms with E-state index in [0.717, 1.165) is 5.69 Å². The number of aromatic amines is 1. The first-order valence-electron chi connectivity index (χ1n) is 7.77. The first-order chi connectivity index (χ1) is 13.0. The lowest BCUT2D eigenvalue weighted by Crippen LogP contribution is -1.98. The van der Waals surface area contributed by atoms with E-state index < -0.39 is 0 Å². The largest absolute Gasteiger partial charge is 0.333 e. The number of aromatic nitrogens is 6. The molecule has 1 aromatic carbocycles. The molecule has 0 aliphatic carbocycles. The van der Waals surface area contributed by atoms with Crippen molar-refractivity contribution in [3.8, 4) is 23.7 Å². The predicted octanol–water partition coefficient (Wildman–Crippen LogP) is 4.15. The van der Waals surface area contributed by atoms with Crippen LogP contribution in [0.15, 0.2) is 30.9 Å². The Morgan fingerprint density at radius 1 is 1.04 bits per heavy atom. The van der Waals surface area contributed by atoms with Gasteiger partial charge in [0.1, 0.15) is 29.8 Å². The fourth-order valence-electron chi connectivity index (χ4n) is 2.57. The average molecular weight is 396 g/mol. The Morgan fingerprint density at radius 3 is 2.48 bits per heavy atom. The minimum absolute atomic E-state index is 0.392. The molecule has 27 heavy (non-hydrogen) atoms. The normalized spacial score (nSPS) is 10.7. The van der Waals surface area contributed by atoms with Gasteiger partial charge in [0.15, 0.2) is 11.5 Å². The van der Waals surface area contributed by atoms with Crippen LogP contribution < -0.4 is 5.32 Å². The Morgan fingerprint density at radius 2 is 1.78 bits per heavy atom. The van der Waals surface area contributed by atoms with Crippen LogP contribution in [0.4, 0.5) is 11.6 Å². The molecule has 0 aliphatic heterocycles. The number of fused-ring (bicyclic) bond motifs is 1. The number of rotatable bonds is 3. The van der Waals surface area contributed by atoms with Gasteiger partial charge < -0.3 is 10.3 Å². The van der Waals surface area contributed by atoms with Crippen LogP contribution >= 0.6 is 23.2 Å². The quantitative estimate of drug-likeness (QED) is 0.506. The van der Waals surface area contributed by atoms with Crippen molar-refractivity contribution in [1.29, 1.82) is 0 Å². The van der Waals surface area contributed by atoms with Gasteiger partial charge in [0.25, 0.3) is 0 Å². The number of imidazole rings is 1. The number of anilines is 2. The third kappa shape index (κ3) is 3.28. The number of hydrogen-bond acceptors (Lipinski definition) is 6. The SMILES string of the molecule is C#Cc1cc(Cl)c(-c2nc3ncnc(Nc4cc(C)ncn4)c3[nH]2)c(Cl)c1. The Labute approximate surface area is 164 Å². The molecule has 4 aromatic rings. The Kier molecular flexibility index (Phi) is 4.36. The second-order valence-electron chi connectivity index (χ2n) is 5.64. The topological polar surface area (TPSA) is 92.3 Å². The molecule has 0 atom stereocenters. The van der Waals surface area contributed by atoms with Crippen molar-refractivity contribution in [1.82, 2.24) is 29.9 Å². The monoisotopic (exact) mass is 395 g/mol.